The van der Waals surface area contributed by atoms with Crippen molar-refractivity contribution < 1.29 is 4.79 Å². The highest BCUT2D eigenvalue weighted by molar-refractivity contribution is 6.10. The van der Waals surface area contributed by atoms with Crippen LogP contribution in [-0.2, 0) is 16.6 Å². The number of amides is 1. The Morgan fingerprint density at radius 1 is 1.03 bits per heavy atom. The summed E-state index contributed by atoms with van der Waals surface area (Å²) in [7, 11) is 0. The highest BCUT2D eigenvalue weighted by Crippen LogP contribution is 2.60. The van der Waals surface area contributed by atoms with Crippen molar-refractivity contribution in [1.29, 1.82) is 5.26 Å². The largest absolute Gasteiger partial charge is 0.321 e. The zero-order valence-electron chi connectivity index (χ0n) is 22.8. The van der Waals surface area contributed by atoms with Gasteiger partial charge in [0.25, 0.3) is 5.91 Å². The molecule has 4 fully saturated rings. The normalized spacial score (nSPS) is 25.8. The van der Waals surface area contributed by atoms with Crippen LogP contribution in [0.2, 0.25) is 0 Å². The molecular formula is C34H37N3O. The molecule has 0 aliphatic heterocycles. The Hall–Kier alpha value is -3.58. The van der Waals surface area contributed by atoms with Gasteiger partial charge in [-0.05, 0) is 129 Å². The molecule has 4 heteroatoms. The van der Waals surface area contributed by atoms with Gasteiger partial charge in [0.15, 0.2) is 0 Å². The topological polar surface area (TPSA) is 57.8 Å². The first kappa shape index (κ1) is 24.7. The summed E-state index contributed by atoms with van der Waals surface area (Å²) >= 11 is 0. The van der Waals surface area contributed by atoms with Gasteiger partial charge in [-0.1, -0.05) is 37.3 Å². The lowest BCUT2D eigenvalue weighted by Crippen LogP contribution is -2.48. The molecule has 1 aromatic heterocycles. The molecule has 4 saturated carbocycles. The summed E-state index contributed by atoms with van der Waals surface area (Å²) in [6.45, 7) is 6.20. The van der Waals surface area contributed by atoms with E-state index in [9.17, 15) is 10.1 Å². The number of nitrogens with one attached hydrogen (secondary N) is 1. The molecule has 1 N–H and O–H groups in total. The lowest BCUT2D eigenvalue weighted by atomic mass is 9.48. The molecule has 4 bridgehead atoms. The first-order valence-electron chi connectivity index (χ1n) is 14.2. The summed E-state index contributed by atoms with van der Waals surface area (Å²) in [6.07, 6.45) is 11.0. The third-order valence-electron chi connectivity index (χ3n) is 9.56. The molecule has 2 aromatic carbocycles. The van der Waals surface area contributed by atoms with Gasteiger partial charge >= 0.3 is 0 Å². The van der Waals surface area contributed by atoms with E-state index in [2.05, 4.69) is 67.1 Å². The lowest BCUT2D eigenvalue weighted by molar-refractivity contribution is -0.112. The van der Waals surface area contributed by atoms with Crippen molar-refractivity contribution >= 4 is 17.7 Å². The maximum atomic E-state index is 13.0. The van der Waals surface area contributed by atoms with Gasteiger partial charge in [0.05, 0.1) is 0 Å². The van der Waals surface area contributed by atoms with E-state index in [1.54, 1.807) is 6.08 Å². The molecule has 0 saturated heterocycles. The van der Waals surface area contributed by atoms with Gasteiger partial charge in [0, 0.05) is 22.8 Å². The Morgan fingerprint density at radius 2 is 1.66 bits per heavy atom. The predicted molar refractivity (Wildman–Crippen MR) is 153 cm³/mol. The Morgan fingerprint density at radius 3 is 2.26 bits per heavy atom. The van der Waals surface area contributed by atoms with E-state index < -0.39 is 0 Å². The molecule has 0 atom stereocenters. The number of rotatable bonds is 6. The molecular weight excluding hydrogens is 466 g/mol. The van der Waals surface area contributed by atoms with E-state index in [0.717, 1.165) is 58.1 Å². The fourth-order valence-corrected chi connectivity index (χ4v) is 8.20. The summed E-state index contributed by atoms with van der Waals surface area (Å²) < 4.78 is 2.23. The van der Waals surface area contributed by atoms with Crippen molar-refractivity contribution in [3.63, 3.8) is 0 Å². The van der Waals surface area contributed by atoms with Gasteiger partial charge in [0.1, 0.15) is 11.6 Å². The molecule has 194 valence electrons. The van der Waals surface area contributed by atoms with Gasteiger partial charge in [-0.15, -0.1) is 0 Å². The van der Waals surface area contributed by atoms with E-state index in [1.165, 1.54) is 44.1 Å². The van der Waals surface area contributed by atoms with E-state index in [0.29, 0.717) is 5.41 Å². The second-order valence-electron chi connectivity index (χ2n) is 12.0. The molecule has 0 unspecified atom stereocenters. The molecule has 0 radical (unpaired) electrons. The van der Waals surface area contributed by atoms with Crippen molar-refractivity contribution in [2.24, 2.45) is 17.8 Å². The predicted octanol–water partition coefficient (Wildman–Crippen LogP) is 7.67. The van der Waals surface area contributed by atoms with Crippen molar-refractivity contribution in [3.8, 4) is 11.8 Å². The van der Waals surface area contributed by atoms with Crippen LogP contribution in [0.4, 0.5) is 5.69 Å². The van der Waals surface area contributed by atoms with Gasteiger partial charge in [-0.3, -0.25) is 4.79 Å². The number of hydrogen-bond donors (Lipinski definition) is 1. The first-order valence-corrected chi connectivity index (χ1v) is 14.2. The molecule has 4 nitrogen and oxygen atoms in total. The minimum atomic E-state index is -0.377. The molecule has 4 aliphatic carbocycles. The fraction of sp³-hybridized carbons (Fsp3) is 0.412. The molecule has 38 heavy (non-hydrogen) atoms. The number of aryl methyl sites for hydroxylation is 2. The van der Waals surface area contributed by atoms with Gasteiger partial charge in [-0.2, -0.15) is 5.26 Å². The van der Waals surface area contributed by atoms with Crippen molar-refractivity contribution in [1.82, 2.24) is 4.57 Å². The smallest absolute Gasteiger partial charge is 0.266 e. The third kappa shape index (κ3) is 4.29. The summed E-state index contributed by atoms with van der Waals surface area (Å²) in [5, 5.41) is 12.7. The Balaban J connectivity index is 1.25. The zero-order valence-corrected chi connectivity index (χ0v) is 22.8. The van der Waals surface area contributed by atoms with E-state index >= 15 is 0 Å². The van der Waals surface area contributed by atoms with Crippen LogP contribution in [0.5, 0.6) is 0 Å². The SMILES string of the molecule is CCc1ccccc1NC(=O)/C(C#N)=C\c1cc(C)n(-c2ccc(C34CC5CC(CC(C5)C3)C4)cc2)c1C. The third-order valence-corrected chi connectivity index (χ3v) is 9.56. The Kier molecular flexibility index (Phi) is 6.26. The number of benzene rings is 2. The maximum Gasteiger partial charge on any atom is 0.266 e. The molecule has 7 rings (SSSR count). The van der Waals surface area contributed by atoms with Crippen LogP contribution in [-0.4, -0.2) is 10.5 Å². The second-order valence-corrected chi connectivity index (χ2v) is 12.0. The number of para-hydroxylation sites is 1. The van der Waals surface area contributed by atoms with Crippen LogP contribution in [0.3, 0.4) is 0 Å². The Bertz CT molecular complexity index is 1410. The molecule has 1 amide bonds. The minimum absolute atomic E-state index is 0.105. The summed E-state index contributed by atoms with van der Waals surface area (Å²) in [5.41, 5.74) is 7.97. The first-order chi connectivity index (χ1) is 18.4. The minimum Gasteiger partial charge on any atom is -0.321 e. The van der Waals surface area contributed by atoms with Gasteiger partial charge in [-0.25, -0.2) is 0 Å². The van der Waals surface area contributed by atoms with Crippen LogP contribution in [0.1, 0.15) is 73.5 Å². The zero-order chi connectivity index (χ0) is 26.4. The van der Waals surface area contributed by atoms with Crippen LogP contribution in [0.25, 0.3) is 11.8 Å². The molecule has 3 aromatic rings. The lowest BCUT2D eigenvalue weighted by Gasteiger charge is -2.57. The summed E-state index contributed by atoms with van der Waals surface area (Å²) in [4.78, 5) is 13.0. The van der Waals surface area contributed by atoms with Crippen molar-refractivity contribution in [3.05, 3.63) is 88.2 Å². The van der Waals surface area contributed by atoms with E-state index in [-0.39, 0.29) is 11.5 Å². The molecule has 0 spiro atoms. The molecule has 1 heterocycles. The van der Waals surface area contributed by atoms with Crippen molar-refractivity contribution in [2.45, 2.75) is 71.1 Å². The number of carbonyl (C=O) groups is 1. The van der Waals surface area contributed by atoms with Crippen LogP contribution < -0.4 is 5.32 Å². The number of anilines is 1. The average Bonchev–Trinajstić information content (AvgIpc) is 3.19. The number of carbonyl (C=O) groups excluding carboxylic acids is 1. The monoisotopic (exact) mass is 503 g/mol. The number of nitriles is 1. The fourth-order valence-electron chi connectivity index (χ4n) is 8.20. The highest BCUT2D eigenvalue weighted by Gasteiger charge is 2.51. The molecule has 4 aliphatic rings. The second kappa shape index (κ2) is 9.62. The standard InChI is InChI=1S/C34H37N3O/c1-4-27-7-5-6-8-32(27)36-33(38)29(21-35)17-28-13-22(2)37(23(28)3)31-11-9-30(10-12-31)34-18-24-14-25(19-34)16-26(15-24)20-34/h5-13,17,24-26H,4,14-16,18-20H2,1-3H3,(H,36,38)/b29-17-. The quantitative estimate of drug-likeness (QED) is 0.277. The summed E-state index contributed by atoms with van der Waals surface area (Å²) in [5.74, 6) is 2.43. The highest BCUT2D eigenvalue weighted by atomic mass is 16.1. The Labute approximate surface area is 226 Å². The van der Waals surface area contributed by atoms with Crippen LogP contribution in [0, 0.1) is 42.9 Å². The number of nitrogens with zero attached hydrogens (tertiary/aromatic N) is 2. The summed E-state index contributed by atoms with van der Waals surface area (Å²) in [6, 6.07) is 21.2. The maximum absolute atomic E-state index is 13.0. The van der Waals surface area contributed by atoms with Crippen molar-refractivity contribution in [2.75, 3.05) is 5.32 Å². The van der Waals surface area contributed by atoms with E-state index in [1.807, 2.05) is 24.3 Å². The number of aromatic nitrogens is 1. The van der Waals surface area contributed by atoms with Gasteiger partial charge < -0.3 is 9.88 Å². The van der Waals surface area contributed by atoms with Crippen LogP contribution in [0.15, 0.2) is 60.2 Å². The van der Waals surface area contributed by atoms with Gasteiger partial charge in [0.2, 0.25) is 0 Å². The number of hydrogen-bond acceptors (Lipinski definition) is 2. The van der Waals surface area contributed by atoms with Crippen LogP contribution >= 0.6 is 0 Å². The van der Waals surface area contributed by atoms with E-state index in [4.69, 9.17) is 0 Å². The average molecular weight is 504 g/mol.